The van der Waals surface area contributed by atoms with E-state index in [4.69, 9.17) is 17.3 Å². The molecule has 0 aliphatic heterocycles. The van der Waals surface area contributed by atoms with Gasteiger partial charge in [-0.15, -0.1) is 0 Å². The number of hydrogen-bond acceptors (Lipinski definition) is 4. The first-order chi connectivity index (χ1) is 5.29. The molecule has 2 aromatic rings. The molecule has 2 N–H and O–H groups in total. The van der Waals surface area contributed by atoms with E-state index >= 15 is 0 Å². The number of nitrogens with zero attached hydrogens (tertiary/aromatic N) is 2. The summed E-state index contributed by atoms with van der Waals surface area (Å²) in [6, 6.07) is 3.36. The van der Waals surface area contributed by atoms with E-state index in [9.17, 15) is 0 Å². The molecule has 5 heteroatoms. The molecule has 0 aliphatic rings. The average molecular weight is 170 g/mol. The van der Waals surface area contributed by atoms with Gasteiger partial charge in [0.15, 0.2) is 5.52 Å². The van der Waals surface area contributed by atoms with E-state index in [2.05, 4.69) is 14.9 Å². The molecule has 0 spiro atoms. The summed E-state index contributed by atoms with van der Waals surface area (Å²) in [4.78, 5) is 0. The zero-order valence-electron chi connectivity index (χ0n) is 5.41. The molecule has 0 aliphatic carbocycles. The lowest BCUT2D eigenvalue weighted by molar-refractivity contribution is 0.315. The van der Waals surface area contributed by atoms with Crippen molar-refractivity contribution in [3.05, 3.63) is 17.2 Å². The monoisotopic (exact) mass is 169 g/mol. The second-order valence-electron chi connectivity index (χ2n) is 2.09. The van der Waals surface area contributed by atoms with Crippen molar-refractivity contribution in [2.24, 2.45) is 0 Å². The fourth-order valence-electron chi connectivity index (χ4n) is 0.847. The smallest absolute Gasteiger partial charge is 0.159 e. The van der Waals surface area contributed by atoms with Crippen LogP contribution in [0.2, 0.25) is 5.02 Å². The summed E-state index contributed by atoms with van der Waals surface area (Å²) in [5.74, 6) is 0. The van der Waals surface area contributed by atoms with Crippen LogP contribution in [0.15, 0.2) is 16.8 Å². The van der Waals surface area contributed by atoms with E-state index in [-0.39, 0.29) is 0 Å². The summed E-state index contributed by atoms with van der Waals surface area (Å²) in [6.45, 7) is 0. The van der Waals surface area contributed by atoms with E-state index in [1.54, 1.807) is 12.1 Å². The van der Waals surface area contributed by atoms with Gasteiger partial charge < -0.3 is 5.73 Å². The maximum atomic E-state index is 5.71. The number of rotatable bonds is 0. The quantitative estimate of drug-likeness (QED) is 0.607. The zero-order valence-corrected chi connectivity index (χ0v) is 6.17. The van der Waals surface area contributed by atoms with Gasteiger partial charge in [0.25, 0.3) is 0 Å². The van der Waals surface area contributed by atoms with Crippen LogP contribution in [-0.2, 0) is 0 Å². The third kappa shape index (κ3) is 0.832. The lowest BCUT2D eigenvalue weighted by Crippen LogP contribution is -1.87. The minimum atomic E-state index is 0.408. The molecule has 0 saturated carbocycles. The Balaban J connectivity index is 2.93. The van der Waals surface area contributed by atoms with Crippen LogP contribution in [0.25, 0.3) is 11.0 Å². The SMILES string of the molecule is Nc1c(Cl)ccc2nonc12. The Labute approximate surface area is 66.9 Å². The Morgan fingerprint density at radius 1 is 1.36 bits per heavy atom. The van der Waals surface area contributed by atoms with E-state index in [0.29, 0.717) is 21.7 Å². The van der Waals surface area contributed by atoms with Crippen LogP contribution >= 0.6 is 11.6 Å². The van der Waals surface area contributed by atoms with Gasteiger partial charge in [0, 0.05) is 0 Å². The highest BCUT2D eigenvalue weighted by Gasteiger charge is 2.06. The third-order valence-corrected chi connectivity index (χ3v) is 1.74. The molecule has 0 bridgehead atoms. The molecule has 0 fully saturated rings. The van der Waals surface area contributed by atoms with Crippen LogP contribution in [-0.4, -0.2) is 10.3 Å². The van der Waals surface area contributed by atoms with Crippen LogP contribution in [0.3, 0.4) is 0 Å². The summed E-state index contributed by atoms with van der Waals surface area (Å²) < 4.78 is 4.46. The summed E-state index contributed by atoms with van der Waals surface area (Å²) in [5.41, 5.74) is 7.11. The Hall–Kier alpha value is -1.29. The first-order valence-electron chi connectivity index (χ1n) is 2.95. The maximum absolute atomic E-state index is 5.71. The van der Waals surface area contributed by atoms with Crippen LogP contribution < -0.4 is 5.73 Å². The molecule has 0 atom stereocenters. The van der Waals surface area contributed by atoms with E-state index < -0.39 is 0 Å². The van der Waals surface area contributed by atoms with E-state index in [0.717, 1.165) is 0 Å². The number of fused-ring (bicyclic) bond motifs is 1. The second kappa shape index (κ2) is 2.10. The highest BCUT2D eigenvalue weighted by molar-refractivity contribution is 6.34. The first kappa shape index (κ1) is 6.42. The van der Waals surface area contributed by atoms with Gasteiger partial charge in [-0.05, 0) is 22.4 Å². The van der Waals surface area contributed by atoms with Gasteiger partial charge in [-0.3, -0.25) is 0 Å². The molecular formula is C6H4ClN3O. The predicted molar refractivity (Wildman–Crippen MR) is 41.2 cm³/mol. The summed E-state index contributed by atoms with van der Waals surface area (Å²) in [5, 5.41) is 7.65. The lowest BCUT2D eigenvalue weighted by Gasteiger charge is -1.93. The van der Waals surface area contributed by atoms with E-state index in [1.165, 1.54) is 0 Å². The largest absolute Gasteiger partial charge is 0.396 e. The molecule has 4 nitrogen and oxygen atoms in total. The van der Waals surface area contributed by atoms with Crippen LogP contribution in [0.4, 0.5) is 5.69 Å². The minimum absolute atomic E-state index is 0.408. The molecule has 0 unspecified atom stereocenters. The maximum Gasteiger partial charge on any atom is 0.159 e. The van der Waals surface area contributed by atoms with Gasteiger partial charge in [0.2, 0.25) is 0 Å². The topological polar surface area (TPSA) is 64.9 Å². The van der Waals surface area contributed by atoms with Crippen molar-refractivity contribution >= 4 is 28.3 Å². The van der Waals surface area contributed by atoms with Crippen LogP contribution in [0.1, 0.15) is 0 Å². The van der Waals surface area contributed by atoms with Crippen molar-refractivity contribution in [3.63, 3.8) is 0 Å². The van der Waals surface area contributed by atoms with Crippen molar-refractivity contribution < 1.29 is 4.63 Å². The second-order valence-corrected chi connectivity index (χ2v) is 2.50. The minimum Gasteiger partial charge on any atom is -0.396 e. The van der Waals surface area contributed by atoms with Gasteiger partial charge in [0.1, 0.15) is 5.52 Å². The van der Waals surface area contributed by atoms with Crippen molar-refractivity contribution in [1.82, 2.24) is 10.3 Å². The van der Waals surface area contributed by atoms with Gasteiger partial charge in [-0.25, -0.2) is 4.63 Å². The van der Waals surface area contributed by atoms with Crippen molar-refractivity contribution in [2.45, 2.75) is 0 Å². The fourth-order valence-corrected chi connectivity index (χ4v) is 0.999. The fraction of sp³-hybridized carbons (Fsp3) is 0. The number of aromatic nitrogens is 2. The molecular weight excluding hydrogens is 166 g/mol. The number of benzene rings is 1. The normalized spacial score (nSPS) is 10.6. The number of nitrogens with two attached hydrogens (primary N) is 1. The number of anilines is 1. The molecule has 0 amide bonds. The van der Waals surface area contributed by atoms with E-state index in [1.807, 2.05) is 0 Å². The molecule has 0 saturated heterocycles. The third-order valence-electron chi connectivity index (χ3n) is 1.41. The number of halogens is 1. The van der Waals surface area contributed by atoms with Crippen molar-refractivity contribution in [3.8, 4) is 0 Å². The highest BCUT2D eigenvalue weighted by atomic mass is 35.5. The van der Waals surface area contributed by atoms with Gasteiger partial charge in [-0.2, -0.15) is 0 Å². The predicted octanol–water partition coefficient (Wildman–Crippen LogP) is 1.46. The summed E-state index contributed by atoms with van der Waals surface area (Å²) >= 11 is 5.71. The van der Waals surface area contributed by atoms with Crippen LogP contribution in [0.5, 0.6) is 0 Å². The van der Waals surface area contributed by atoms with Crippen molar-refractivity contribution in [2.75, 3.05) is 5.73 Å². The molecule has 11 heavy (non-hydrogen) atoms. The zero-order chi connectivity index (χ0) is 7.84. The average Bonchev–Trinajstić information content (AvgIpc) is 2.45. The molecule has 2 rings (SSSR count). The van der Waals surface area contributed by atoms with Gasteiger partial charge in [0.05, 0.1) is 10.7 Å². The van der Waals surface area contributed by atoms with Crippen molar-refractivity contribution in [1.29, 1.82) is 0 Å². The Bertz CT molecular complexity index is 398. The van der Waals surface area contributed by atoms with Gasteiger partial charge in [-0.1, -0.05) is 11.6 Å². The molecule has 1 aromatic heterocycles. The molecule has 0 radical (unpaired) electrons. The Morgan fingerprint density at radius 2 is 2.18 bits per heavy atom. The Kier molecular flexibility index (Phi) is 1.22. The number of hydrogen-bond donors (Lipinski definition) is 1. The Morgan fingerprint density at radius 3 is 3.00 bits per heavy atom. The van der Waals surface area contributed by atoms with Gasteiger partial charge >= 0.3 is 0 Å². The molecule has 1 heterocycles. The lowest BCUT2D eigenvalue weighted by atomic mass is 10.3. The molecule has 56 valence electrons. The standard InChI is InChI=1S/C6H4ClN3O/c7-3-1-2-4-6(5(3)8)10-11-9-4/h1-2H,8H2. The van der Waals surface area contributed by atoms with Crippen LogP contribution in [0, 0.1) is 0 Å². The first-order valence-corrected chi connectivity index (χ1v) is 3.33. The molecule has 1 aromatic carbocycles. The summed E-state index contributed by atoms with van der Waals surface area (Å²) in [6.07, 6.45) is 0. The summed E-state index contributed by atoms with van der Waals surface area (Å²) in [7, 11) is 0. The highest BCUT2D eigenvalue weighted by Crippen LogP contribution is 2.25. The number of nitrogen functional groups attached to an aromatic ring is 1.